The number of hydrogen-bond donors (Lipinski definition) is 2. The van der Waals surface area contributed by atoms with Crippen LogP contribution in [-0.4, -0.2) is 18.6 Å². The molecule has 1 aliphatic rings. The number of ether oxygens (including phenoxy) is 1. The van der Waals surface area contributed by atoms with Crippen LogP contribution >= 0.6 is 0 Å². The third-order valence-electron chi connectivity index (χ3n) is 4.03. The van der Waals surface area contributed by atoms with Crippen molar-refractivity contribution in [3.05, 3.63) is 29.8 Å². The predicted octanol–water partition coefficient (Wildman–Crippen LogP) is 2.86. The first-order valence-electron chi connectivity index (χ1n) is 8.29. The highest BCUT2D eigenvalue weighted by Gasteiger charge is 2.24. The van der Waals surface area contributed by atoms with Gasteiger partial charge in [0.05, 0.1) is 6.61 Å². The van der Waals surface area contributed by atoms with Crippen molar-refractivity contribution in [3.8, 4) is 5.75 Å². The average Bonchev–Trinajstić information content (AvgIpc) is 2.51. The minimum atomic E-state index is 0.0733. The van der Waals surface area contributed by atoms with Crippen LogP contribution in [0.4, 0.5) is 0 Å². The van der Waals surface area contributed by atoms with Crippen LogP contribution in [0.15, 0.2) is 24.3 Å². The number of rotatable bonds is 6. The van der Waals surface area contributed by atoms with E-state index >= 15 is 0 Å². The maximum atomic E-state index is 12.2. The molecule has 0 spiro atoms. The second-order valence-electron chi connectivity index (χ2n) is 6.69. The SMILES string of the molecule is CC(C)COc1cccc(CNC(=O)C2CCCC(N)C2)c1. The molecule has 1 saturated carbocycles. The van der Waals surface area contributed by atoms with Crippen LogP contribution in [0.2, 0.25) is 0 Å². The molecule has 1 amide bonds. The van der Waals surface area contributed by atoms with Crippen LogP contribution in [0.25, 0.3) is 0 Å². The molecule has 4 nitrogen and oxygen atoms in total. The van der Waals surface area contributed by atoms with Gasteiger partial charge < -0.3 is 15.8 Å². The van der Waals surface area contributed by atoms with Gasteiger partial charge in [0, 0.05) is 18.5 Å². The summed E-state index contributed by atoms with van der Waals surface area (Å²) in [6, 6.07) is 8.10. The van der Waals surface area contributed by atoms with Gasteiger partial charge in [-0.25, -0.2) is 0 Å². The molecule has 1 fully saturated rings. The smallest absolute Gasteiger partial charge is 0.223 e. The molecule has 0 aromatic heterocycles. The zero-order chi connectivity index (χ0) is 15.9. The number of nitrogens with two attached hydrogens (primary N) is 1. The molecule has 2 rings (SSSR count). The predicted molar refractivity (Wildman–Crippen MR) is 88.6 cm³/mol. The summed E-state index contributed by atoms with van der Waals surface area (Å²) in [6.07, 6.45) is 3.86. The fraction of sp³-hybridized carbons (Fsp3) is 0.611. The van der Waals surface area contributed by atoms with Crippen molar-refractivity contribution in [1.82, 2.24) is 5.32 Å². The number of carbonyl (C=O) groups excluding carboxylic acids is 1. The van der Waals surface area contributed by atoms with E-state index in [1.165, 1.54) is 0 Å². The van der Waals surface area contributed by atoms with Crippen molar-refractivity contribution in [1.29, 1.82) is 0 Å². The van der Waals surface area contributed by atoms with Crippen LogP contribution in [0.3, 0.4) is 0 Å². The Kier molecular flexibility index (Phi) is 6.25. The number of amides is 1. The van der Waals surface area contributed by atoms with E-state index in [1.807, 2.05) is 24.3 Å². The number of hydrogen-bond acceptors (Lipinski definition) is 3. The molecule has 22 heavy (non-hydrogen) atoms. The minimum Gasteiger partial charge on any atom is -0.493 e. The molecule has 2 unspecified atom stereocenters. The van der Waals surface area contributed by atoms with E-state index in [9.17, 15) is 4.79 Å². The molecule has 1 aromatic carbocycles. The van der Waals surface area contributed by atoms with Crippen molar-refractivity contribution in [2.45, 2.75) is 52.1 Å². The van der Waals surface area contributed by atoms with Gasteiger partial charge in [0.2, 0.25) is 5.91 Å². The Morgan fingerprint density at radius 3 is 2.95 bits per heavy atom. The van der Waals surface area contributed by atoms with Gasteiger partial charge >= 0.3 is 0 Å². The molecular weight excluding hydrogens is 276 g/mol. The van der Waals surface area contributed by atoms with Crippen LogP contribution in [0.5, 0.6) is 5.75 Å². The number of nitrogens with one attached hydrogen (secondary N) is 1. The van der Waals surface area contributed by atoms with Gasteiger partial charge in [0.25, 0.3) is 0 Å². The van der Waals surface area contributed by atoms with Crippen LogP contribution < -0.4 is 15.8 Å². The van der Waals surface area contributed by atoms with Gasteiger partial charge in [-0.15, -0.1) is 0 Å². The van der Waals surface area contributed by atoms with Gasteiger partial charge in [-0.2, -0.15) is 0 Å². The van der Waals surface area contributed by atoms with Gasteiger partial charge in [-0.3, -0.25) is 4.79 Å². The number of carbonyl (C=O) groups is 1. The fourth-order valence-corrected chi connectivity index (χ4v) is 2.81. The van der Waals surface area contributed by atoms with E-state index in [1.54, 1.807) is 0 Å². The molecule has 1 aromatic rings. The van der Waals surface area contributed by atoms with Gasteiger partial charge in [-0.1, -0.05) is 32.4 Å². The van der Waals surface area contributed by atoms with Gasteiger partial charge in [0.1, 0.15) is 5.75 Å². The average molecular weight is 304 g/mol. The molecule has 122 valence electrons. The topological polar surface area (TPSA) is 64.3 Å². The van der Waals surface area contributed by atoms with E-state index in [0.717, 1.165) is 37.0 Å². The van der Waals surface area contributed by atoms with E-state index in [4.69, 9.17) is 10.5 Å². The first-order valence-corrected chi connectivity index (χ1v) is 8.29. The van der Waals surface area contributed by atoms with Gasteiger partial charge in [0.15, 0.2) is 0 Å². The van der Waals surface area contributed by atoms with E-state index in [-0.39, 0.29) is 17.9 Å². The van der Waals surface area contributed by atoms with Crippen LogP contribution in [-0.2, 0) is 11.3 Å². The zero-order valence-corrected chi connectivity index (χ0v) is 13.7. The molecule has 0 radical (unpaired) electrons. The zero-order valence-electron chi connectivity index (χ0n) is 13.7. The van der Waals surface area contributed by atoms with E-state index < -0.39 is 0 Å². The Bertz CT molecular complexity index is 488. The lowest BCUT2D eigenvalue weighted by Crippen LogP contribution is -2.37. The lowest BCUT2D eigenvalue weighted by Gasteiger charge is -2.25. The second kappa shape index (κ2) is 8.18. The van der Waals surface area contributed by atoms with Gasteiger partial charge in [-0.05, 0) is 42.9 Å². The third-order valence-corrected chi connectivity index (χ3v) is 4.03. The maximum absolute atomic E-state index is 12.2. The lowest BCUT2D eigenvalue weighted by atomic mass is 9.85. The standard InChI is InChI=1S/C18H28N2O2/c1-13(2)12-22-17-8-3-5-14(9-17)11-20-18(21)15-6-4-7-16(19)10-15/h3,5,8-9,13,15-16H,4,6-7,10-12,19H2,1-2H3,(H,20,21). The highest BCUT2D eigenvalue weighted by atomic mass is 16.5. The highest BCUT2D eigenvalue weighted by molar-refractivity contribution is 5.78. The summed E-state index contributed by atoms with van der Waals surface area (Å²) in [4.78, 5) is 12.2. The molecule has 4 heteroatoms. The summed E-state index contributed by atoms with van der Waals surface area (Å²) >= 11 is 0. The first kappa shape index (κ1) is 16.8. The molecular formula is C18H28N2O2. The molecule has 0 aliphatic heterocycles. The van der Waals surface area contributed by atoms with E-state index in [2.05, 4.69) is 19.2 Å². The summed E-state index contributed by atoms with van der Waals surface area (Å²) in [7, 11) is 0. The summed E-state index contributed by atoms with van der Waals surface area (Å²) in [5.74, 6) is 1.56. The Hall–Kier alpha value is -1.55. The Labute approximate surface area is 133 Å². The van der Waals surface area contributed by atoms with Crippen LogP contribution in [0.1, 0.15) is 45.1 Å². The van der Waals surface area contributed by atoms with Crippen molar-refractivity contribution in [2.24, 2.45) is 17.6 Å². The Balaban J connectivity index is 1.83. The molecule has 0 bridgehead atoms. The summed E-state index contributed by atoms with van der Waals surface area (Å²) in [5.41, 5.74) is 7.02. The van der Waals surface area contributed by atoms with Crippen molar-refractivity contribution in [2.75, 3.05) is 6.61 Å². The van der Waals surface area contributed by atoms with E-state index in [0.29, 0.717) is 19.1 Å². The summed E-state index contributed by atoms with van der Waals surface area (Å²) < 4.78 is 5.72. The van der Waals surface area contributed by atoms with Crippen molar-refractivity contribution >= 4 is 5.91 Å². The molecule has 0 heterocycles. The minimum absolute atomic E-state index is 0.0733. The monoisotopic (exact) mass is 304 g/mol. The second-order valence-corrected chi connectivity index (χ2v) is 6.69. The molecule has 3 N–H and O–H groups in total. The molecule has 2 atom stereocenters. The first-order chi connectivity index (χ1) is 10.5. The quantitative estimate of drug-likeness (QED) is 0.849. The fourth-order valence-electron chi connectivity index (χ4n) is 2.81. The summed E-state index contributed by atoms with van der Waals surface area (Å²) in [5, 5.41) is 3.03. The Morgan fingerprint density at radius 1 is 1.41 bits per heavy atom. The van der Waals surface area contributed by atoms with Crippen LogP contribution in [0, 0.1) is 11.8 Å². The highest BCUT2D eigenvalue weighted by Crippen LogP contribution is 2.23. The van der Waals surface area contributed by atoms with Crippen molar-refractivity contribution in [3.63, 3.8) is 0 Å². The lowest BCUT2D eigenvalue weighted by molar-refractivity contribution is -0.126. The van der Waals surface area contributed by atoms with Crippen molar-refractivity contribution < 1.29 is 9.53 Å². The maximum Gasteiger partial charge on any atom is 0.223 e. The summed E-state index contributed by atoms with van der Waals surface area (Å²) in [6.45, 7) is 5.50. The molecule has 0 saturated heterocycles. The molecule has 1 aliphatic carbocycles. The number of benzene rings is 1. The Morgan fingerprint density at radius 2 is 2.23 bits per heavy atom. The largest absolute Gasteiger partial charge is 0.493 e. The third kappa shape index (κ3) is 5.34. The normalized spacial score (nSPS) is 21.6.